The van der Waals surface area contributed by atoms with Crippen LogP contribution in [0.2, 0.25) is 0 Å². The van der Waals surface area contributed by atoms with Crippen molar-refractivity contribution < 1.29 is 13.9 Å². The number of methoxy groups -OCH3 is 1. The number of hydrogen-bond donors (Lipinski definition) is 1. The summed E-state index contributed by atoms with van der Waals surface area (Å²) in [5.74, 6) is -0.507. The smallest absolute Gasteiger partial charge is 0.260 e. The number of carbonyl (C=O) groups excluding carboxylic acids is 1. The minimum atomic E-state index is -0.523. The fourth-order valence-corrected chi connectivity index (χ4v) is 2.86. The van der Waals surface area contributed by atoms with Crippen molar-refractivity contribution in [3.8, 4) is 5.75 Å². The predicted octanol–water partition coefficient (Wildman–Crippen LogP) is 0.564. The molecule has 2 saturated heterocycles. The summed E-state index contributed by atoms with van der Waals surface area (Å²) in [5.41, 5.74) is 0.0405. The quantitative estimate of drug-likeness (QED) is 0.885. The summed E-state index contributed by atoms with van der Waals surface area (Å²) in [6.07, 6.45) is 0. The maximum atomic E-state index is 14.0. The van der Waals surface area contributed by atoms with Gasteiger partial charge in [-0.05, 0) is 12.1 Å². The van der Waals surface area contributed by atoms with Gasteiger partial charge in [0.15, 0.2) is 0 Å². The van der Waals surface area contributed by atoms with E-state index in [0.717, 1.165) is 26.2 Å². The Morgan fingerprint density at radius 3 is 2.57 bits per heavy atom. The maximum Gasteiger partial charge on any atom is 0.260 e. The second-order valence-electron chi connectivity index (χ2n) is 5.46. The summed E-state index contributed by atoms with van der Waals surface area (Å²) in [4.78, 5) is 16.6. The van der Waals surface area contributed by atoms with Crippen LogP contribution in [0, 0.1) is 5.82 Å². The zero-order valence-corrected chi connectivity index (χ0v) is 12.1. The minimum Gasteiger partial charge on any atom is -0.496 e. The molecule has 1 aromatic rings. The van der Waals surface area contributed by atoms with Crippen molar-refractivity contribution >= 4 is 5.91 Å². The monoisotopic (exact) mass is 293 g/mol. The van der Waals surface area contributed by atoms with Gasteiger partial charge in [0, 0.05) is 45.3 Å². The number of carbonyl (C=O) groups is 1. The summed E-state index contributed by atoms with van der Waals surface area (Å²) >= 11 is 0. The van der Waals surface area contributed by atoms with Crippen LogP contribution in [0.1, 0.15) is 10.4 Å². The average molecular weight is 293 g/mol. The number of nitrogens with zero attached hydrogens (tertiary/aromatic N) is 2. The van der Waals surface area contributed by atoms with E-state index in [0.29, 0.717) is 24.9 Å². The van der Waals surface area contributed by atoms with Gasteiger partial charge in [-0.1, -0.05) is 6.07 Å². The Morgan fingerprint density at radius 1 is 1.29 bits per heavy atom. The fourth-order valence-electron chi connectivity index (χ4n) is 2.86. The number of nitrogens with one attached hydrogen (secondary N) is 1. The van der Waals surface area contributed by atoms with Gasteiger partial charge < -0.3 is 15.0 Å². The van der Waals surface area contributed by atoms with Crippen LogP contribution in [0.4, 0.5) is 4.39 Å². The average Bonchev–Trinajstić information content (AvgIpc) is 2.45. The summed E-state index contributed by atoms with van der Waals surface area (Å²) in [6, 6.07) is 5.05. The molecule has 0 spiro atoms. The second-order valence-corrected chi connectivity index (χ2v) is 5.46. The lowest BCUT2D eigenvalue weighted by Crippen LogP contribution is -2.62. The number of rotatable bonds is 3. The fraction of sp³-hybridized carbons (Fsp3) is 0.533. The first-order valence-corrected chi connectivity index (χ1v) is 7.27. The third-order valence-corrected chi connectivity index (χ3v) is 4.29. The minimum absolute atomic E-state index is 0.0405. The zero-order valence-electron chi connectivity index (χ0n) is 12.1. The Kier molecular flexibility index (Phi) is 4.07. The molecule has 2 aliphatic rings. The Morgan fingerprint density at radius 2 is 2.00 bits per heavy atom. The second kappa shape index (κ2) is 5.99. The molecule has 1 N–H and O–H groups in total. The summed E-state index contributed by atoms with van der Waals surface area (Å²) in [6.45, 7) is 4.99. The van der Waals surface area contributed by atoms with Crippen LogP contribution in [0.25, 0.3) is 0 Å². The molecule has 0 aromatic heterocycles. The van der Waals surface area contributed by atoms with E-state index in [-0.39, 0.29) is 11.5 Å². The van der Waals surface area contributed by atoms with Gasteiger partial charge in [0.05, 0.1) is 7.11 Å². The Bertz CT molecular complexity index is 526. The van der Waals surface area contributed by atoms with Gasteiger partial charge in [-0.25, -0.2) is 4.39 Å². The van der Waals surface area contributed by atoms with E-state index in [9.17, 15) is 9.18 Å². The molecule has 5 nitrogen and oxygen atoms in total. The lowest BCUT2D eigenvalue weighted by atomic mass is 10.1. The predicted molar refractivity (Wildman–Crippen MR) is 77.1 cm³/mol. The maximum absolute atomic E-state index is 14.0. The Hall–Kier alpha value is -1.66. The van der Waals surface area contributed by atoms with Crippen molar-refractivity contribution in [3.63, 3.8) is 0 Å². The molecule has 1 aromatic carbocycles. The standard InChI is InChI=1S/C15H20FN3O2/c1-21-13-4-2-3-12(16)14(13)15(20)19-7-5-18(6-8-19)11-9-17-10-11/h2-4,11,17H,5-10H2,1H3. The Balaban J connectivity index is 1.69. The van der Waals surface area contributed by atoms with Crippen LogP contribution >= 0.6 is 0 Å². The zero-order chi connectivity index (χ0) is 14.8. The van der Waals surface area contributed by atoms with Crippen molar-refractivity contribution in [3.05, 3.63) is 29.6 Å². The normalized spacial score (nSPS) is 20.2. The van der Waals surface area contributed by atoms with E-state index < -0.39 is 5.82 Å². The molecule has 3 rings (SSSR count). The van der Waals surface area contributed by atoms with E-state index in [1.807, 2.05) is 0 Å². The molecule has 6 heteroatoms. The molecule has 2 aliphatic heterocycles. The lowest BCUT2D eigenvalue weighted by molar-refractivity contribution is 0.0495. The van der Waals surface area contributed by atoms with Crippen LogP contribution in [-0.4, -0.2) is 68.1 Å². The number of halogens is 1. The summed E-state index contributed by atoms with van der Waals surface area (Å²) in [5, 5.41) is 3.25. The highest BCUT2D eigenvalue weighted by atomic mass is 19.1. The van der Waals surface area contributed by atoms with Gasteiger partial charge >= 0.3 is 0 Å². The molecule has 0 aliphatic carbocycles. The molecule has 2 fully saturated rings. The summed E-state index contributed by atoms with van der Waals surface area (Å²) in [7, 11) is 1.45. The highest BCUT2D eigenvalue weighted by Crippen LogP contribution is 2.23. The first-order valence-electron chi connectivity index (χ1n) is 7.27. The van der Waals surface area contributed by atoms with Gasteiger partial charge in [-0.2, -0.15) is 0 Å². The molecule has 0 radical (unpaired) electrons. The molecule has 0 saturated carbocycles. The molecule has 114 valence electrons. The van der Waals surface area contributed by atoms with Crippen LogP contribution in [0.5, 0.6) is 5.75 Å². The Labute approximate surface area is 123 Å². The topological polar surface area (TPSA) is 44.8 Å². The molecule has 0 atom stereocenters. The van der Waals surface area contributed by atoms with Crippen molar-refractivity contribution in [1.29, 1.82) is 0 Å². The van der Waals surface area contributed by atoms with Gasteiger partial charge in [0.2, 0.25) is 0 Å². The number of piperazine rings is 1. The van der Waals surface area contributed by atoms with Crippen molar-refractivity contribution in [2.24, 2.45) is 0 Å². The van der Waals surface area contributed by atoms with Crippen LogP contribution in [0.15, 0.2) is 18.2 Å². The van der Waals surface area contributed by atoms with Crippen molar-refractivity contribution in [1.82, 2.24) is 15.1 Å². The third-order valence-electron chi connectivity index (χ3n) is 4.29. The molecule has 1 amide bonds. The first kappa shape index (κ1) is 14.3. The lowest BCUT2D eigenvalue weighted by Gasteiger charge is -2.43. The van der Waals surface area contributed by atoms with Gasteiger partial charge in [-0.3, -0.25) is 9.69 Å². The van der Waals surface area contributed by atoms with Crippen LogP contribution in [-0.2, 0) is 0 Å². The molecular weight excluding hydrogens is 273 g/mol. The van der Waals surface area contributed by atoms with Gasteiger partial charge in [0.25, 0.3) is 5.91 Å². The van der Waals surface area contributed by atoms with E-state index >= 15 is 0 Å². The highest BCUT2D eigenvalue weighted by Gasteiger charge is 2.31. The van der Waals surface area contributed by atoms with E-state index in [2.05, 4.69) is 10.2 Å². The first-order chi connectivity index (χ1) is 10.2. The van der Waals surface area contributed by atoms with Crippen molar-refractivity contribution in [2.45, 2.75) is 6.04 Å². The van der Waals surface area contributed by atoms with E-state index in [1.165, 1.54) is 13.2 Å². The molecule has 21 heavy (non-hydrogen) atoms. The van der Waals surface area contributed by atoms with Crippen molar-refractivity contribution in [2.75, 3.05) is 46.4 Å². The molecule has 0 bridgehead atoms. The number of benzene rings is 1. The van der Waals surface area contributed by atoms with Gasteiger partial charge in [-0.15, -0.1) is 0 Å². The SMILES string of the molecule is COc1cccc(F)c1C(=O)N1CCN(C2CNC2)CC1. The largest absolute Gasteiger partial charge is 0.496 e. The molecular formula is C15H20FN3O2. The third kappa shape index (κ3) is 2.73. The number of ether oxygens (including phenoxy) is 1. The molecule has 0 unspecified atom stereocenters. The number of amides is 1. The van der Waals surface area contributed by atoms with E-state index in [4.69, 9.17) is 4.74 Å². The van der Waals surface area contributed by atoms with Crippen LogP contribution in [0.3, 0.4) is 0 Å². The van der Waals surface area contributed by atoms with Gasteiger partial charge in [0.1, 0.15) is 17.1 Å². The van der Waals surface area contributed by atoms with E-state index in [1.54, 1.807) is 17.0 Å². The number of hydrogen-bond acceptors (Lipinski definition) is 4. The highest BCUT2D eigenvalue weighted by molar-refractivity contribution is 5.97. The molecule has 2 heterocycles. The van der Waals surface area contributed by atoms with Crippen LogP contribution < -0.4 is 10.1 Å². The summed E-state index contributed by atoms with van der Waals surface area (Å²) < 4.78 is 19.1.